The van der Waals surface area contributed by atoms with Crippen LogP contribution >= 0.6 is 12.4 Å². The number of halogens is 1. The van der Waals surface area contributed by atoms with Crippen LogP contribution < -0.4 is 10.1 Å². The Kier molecular flexibility index (Phi) is 7.67. The summed E-state index contributed by atoms with van der Waals surface area (Å²) in [5, 5.41) is 22.5. The summed E-state index contributed by atoms with van der Waals surface area (Å²) in [6.45, 7) is 0.667. The van der Waals surface area contributed by atoms with Gasteiger partial charge in [0.2, 0.25) is 0 Å². The summed E-state index contributed by atoms with van der Waals surface area (Å²) in [5.41, 5.74) is 2.95. The van der Waals surface area contributed by atoms with Crippen molar-refractivity contribution in [3.8, 4) is 5.75 Å². The van der Waals surface area contributed by atoms with Gasteiger partial charge in [0.15, 0.2) is 0 Å². The number of rotatable bonds is 9. The van der Waals surface area contributed by atoms with Gasteiger partial charge in [-0.05, 0) is 29.3 Å². The predicted octanol–water partition coefficient (Wildman–Crippen LogP) is 2.75. The number of aromatic nitrogens is 1. The van der Waals surface area contributed by atoms with Crippen molar-refractivity contribution in [1.82, 2.24) is 10.3 Å². The lowest BCUT2D eigenvalue weighted by molar-refractivity contribution is -0.139. The molecule has 4 N–H and O–H groups in total. The third kappa shape index (κ3) is 5.47. The number of carboxylic acid groups (broad SMARTS) is 1. The highest BCUT2D eigenvalue weighted by Gasteiger charge is 2.19. The van der Waals surface area contributed by atoms with Crippen LogP contribution in [0.3, 0.4) is 0 Å². The highest BCUT2D eigenvalue weighted by molar-refractivity contribution is 5.85. The molecule has 27 heavy (non-hydrogen) atoms. The number of H-pyrrole nitrogens is 1. The zero-order chi connectivity index (χ0) is 18.4. The van der Waals surface area contributed by atoms with Crippen LogP contribution in [0, 0.1) is 0 Å². The second kappa shape index (κ2) is 9.97. The third-order valence-electron chi connectivity index (χ3n) is 4.23. The zero-order valence-electron chi connectivity index (χ0n) is 14.7. The molecule has 1 aromatic heterocycles. The molecule has 0 saturated heterocycles. The second-order valence-corrected chi connectivity index (χ2v) is 6.05. The van der Waals surface area contributed by atoms with Gasteiger partial charge in [-0.15, -0.1) is 12.4 Å². The molecule has 0 amide bonds. The maximum absolute atomic E-state index is 11.6. The Morgan fingerprint density at radius 3 is 2.59 bits per heavy atom. The molecule has 2 aromatic carbocycles. The van der Waals surface area contributed by atoms with Crippen molar-refractivity contribution in [1.29, 1.82) is 0 Å². The van der Waals surface area contributed by atoms with Crippen LogP contribution in [0.15, 0.2) is 54.7 Å². The van der Waals surface area contributed by atoms with E-state index in [2.05, 4.69) is 10.3 Å². The summed E-state index contributed by atoms with van der Waals surface area (Å²) < 4.78 is 5.32. The zero-order valence-corrected chi connectivity index (χ0v) is 15.5. The molecule has 0 aliphatic carbocycles. The summed E-state index contributed by atoms with van der Waals surface area (Å²) in [5.74, 6) is -0.199. The van der Waals surface area contributed by atoms with Gasteiger partial charge in [-0.3, -0.25) is 4.79 Å². The van der Waals surface area contributed by atoms with E-state index < -0.39 is 12.0 Å². The van der Waals surface area contributed by atoms with E-state index in [1.807, 2.05) is 54.7 Å². The van der Waals surface area contributed by atoms with E-state index in [-0.39, 0.29) is 25.6 Å². The van der Waals surface area contributed by atoms with Crippen molar-refractivity contribution in [2.24, 2.45) is 0 Å². The van der Waals surface area contributed by atoms with Crippen molar-refractivity contribution in [2.75, 3.05) is 13.2 Å². The van der Waals surface area contributed by atoms with E-state index in [9.17, 15) is 9.90 Å². The van der Waals surface area contributed by atoms with Crippen LogP contribution in [-0.2, 0) is 17.8 Å². The monoisotopic (exact) mass is 390 g/mol. The number of carboxylic acids is 1. The maximum atomic E-state index is 11.6. The Labute approximate surface area is 163 Å². The lowest BCUT2D eigenvalue weighted by atomic mass is 10.0. The topological polar surface area (TPSA) is 94.6 Å². The Bertz CT molecular complexity index is 864. The quantitative estimate of drug-likeness (QED) is 0.450. The Morgan fingerprint density at radius 1 is 1.15 bits per heavy atom. The fraction of sp³-hybridized carbons (Fsp3) is 0.250. The number of hydrogen-bond donors (Lipinski definition) is 4. The van der Waals surface area contributed by atoms with Gasteiger partial charge in [0.1, 0.15) is 18.4 Å². The van der Waals surface area contributed by atoms with Gasteiger partial charge < -0.3 is 25.3 Å². The van der Waals surface area contributed by atoms with Crippen molar-refractivity contribution in [3.63, 3.8) is 0 Å². The van der Waals surface area contributed by atoms with Gasteiger partial charge in [0, 0.05) is 30.1 Å². The van der Waals surface area contributed by atoms with Gasteiger partial charge in [-0.1, -0.05) is 30.3 Å². The van der Waals surface area contributed by atoms with E-state index in [0.717, 1.165) is 22.0 Å². The first-order valence-electron chi connectivity index (χ1n) is 8.51. The number of hydrogen-bond acceptors (Lipinski definition) is 4. The molecule has 0 fully saturated rings. The average molecular weight is 391 g/mol. The first-order valence-corrected chi connectivity index (χ1v) is 8.51. The number of aromatic amines is 1. The van der Waals surface area contributed by atoms with Gasteiger partial charge in [-0.2, -0.15) is 0 Å². The fourth-order valence-electron chi connectivity index (χ4n) is 2.88. The molecule has 0 radical (unpaired) electrons. The van der Waals surface area contributed by atoms with Crippen molar-refractivity contribution in [2.45, 2.75) is 19.0 Å². The summed E-state index contributed by atoms with van der Waals surface area (Å²) in [6, 6.07) is 14.6. The smallest absolute Gasteiger partial charge is 0.321 e. The van der Waals surface area contributed by atoms with E-state index >= 15 is 0 Å². The second-order valence-electron chi connectivity index (χ2n) is 6.05. The van der Waals surface area contributed by atoms with E-state index in [0.29, 0.717) is 18.7 Å². The number of fused-ring (bicyclic) bond motifs is 1. The number of ether oxygens (including phenoxy) is 1. The first kappa shape index (κ1) is 20.8. The van der Waals surface area contributed by atoms with Crippen molar-refractivity contribution in [3.05, 3.63) is 65.9 Å². The summed E-state index contributed by atoms with van der Waals surface area (Å²) in [4.78, 5) is 14.8. The molecule has 0 spiro atoms. The molecular formula is C20H23ClN2O4. The molecule has 0 saturated carbocycles. The van der Waals surface area contributed by atoms with Crippen LogP contribution in [0.4, 0.5) is 0 Å². The predicted molar refractivity (Wildman–Crippen MR) is 107 cm³/mol. The van der Waals surface area contributed by atoms with Crippen LogP contribution in [0.2, 0.25) is 0 Å². The number of para-hydroxylation sites is 1. The van der Waals surface area contributed by atoms with E-state index in [1.165, 1.54) is 0 Å². The number of aliphatic hydroxyl groups is 1. The molecular weight excluding hydrogens is 368 g/mol. The van der Waals surface area contributed by atoms with Crippen LogP contribution in [0.5, 0.6) is 5.75 Å². The van der Waals surface area contributed by atoms with Crippen LogP contribution in [0.25, 0.3) is 10.9 Å². The standard InChI is InChI=1S/C20H22N2O4.ClH/c23-9-10-26-16-7-5-14(6-8-16)12-21-19(20(24)25)11-15-13-22-18-4-2-1-3-17(15)18;/h1-8,13,19,21-23H,9-12H2,(H,24,25);1H. The van der Waals surface area contributed by atoms with Crippen LogP contribution in [-0.4, -0.2) is 40.4 Å². The van der Waals surface area contributed by atoms with E-state index in [4.69, 9.17) is 9.84 Å². The molecule has 7 heteroatoms. The Morgan fingerprint density at radius 2 is 1.89 bits per heavy atom. The molecule has 1 heterocycles. The summed E-state index contributed by atoms with van der Waals surface area (Å²) >= 11 is 0. The number of aliphatic carboxylic acids is 1. The minimum Gasteiger partial charge on any atom is -0.491 e. The van der Waals surface area contributed by atoms with Gasteiger partial charge >= 0.3 is 5.97 Å². The lowest BCUT2D eigenvalue weighted by Gasteiger charge is -2.14. The van der Waals surface area contributed by atoms with Crippen LogP contribution in [0.1, 0.15) is 11.1 Å². The van der Waals surface area contributed by atoms with Crippen molar-refractivity contribution >= 4 is 29.3 Å². The van der Waals surface area contributed by atoms with E-state index in [1.54, 1.807) is 0 Å². The molecule has 6 nitrogen and oxygen atoms in total. The summed E-state index contributed by atoms with van der Waals surface area (Å²) in [7, 11) is 0. The first-order chi connectivity index (χ1) is 12.7. The minimum absolute atomic E-state index is 0. The molecule has 0 bridgehead atoms. The highest BCUT2D eigenvalue weighted by Crippen LogP contribution is 2.19. The molecule has 1 atom stereocenters. The molecule has 3 rings (SSSR count). The molecule has 0 aliphatic heterocycles. The largest absolute Gasteiger partial charge is 0.491 e. The van der Waals surface area contributed by atoms with Gasteiger partial charge in [-0.25, -0.2) is 0 Å². The average Bonchev–Trinajstić information content (AvgIpc) is 3.07. The SMILES string of the molecule is Cl.O=C(O)C(Cc1c[nH]c2ccccc12)NCc1ccc(OCCO)cc1. The summed E-state index contributed by atoms with van der Waals surface area (Å²) in [6.07, 6.45) is 2.27. The normalized spacial score (nSPS) is 11.7. The Hall–Kier alpha value is -2.54. The highest BCUT2D eigenvalue weighted by atomic mass is 35.5. The minimum atomic E-state index is -0.877. The number of nitrogens with one attached hydrogen (secondary N) is 2. The molecule has 3 aromatic rings. The third-order valence-corrected chi connectivity index (χ3v) is 4.23. The van der Waals surface area contributed by atoms with Gasteiger partial charge in [0.25, 0.3) is 0 Å². The number of carbonyl (C=O) groups is 1. The maximum Gasteiger partial charge on any atom is 0.321 e. The number of benzene rings is 2. The lowest BCUT2D eigenvalue weighted by Crippen LogP contribution is -2.38. The Balaban J connectivity index is 0.00000261. The van der Waals surface area contributed by atoms with Crippen molar-refractivity contribution < 1.29 is 19.7 Å². The van der Waals surface area contributed by atoms with Gasteiger partial charge in [0.05, 0.1) is 6.61 Å². The molecule has 0 aliphatic rings. The molecule has 144 valence electrons. The molecule has 1 unspecified atom stereocenters. The fourth-order valence-corrected chi connectivity index (χ4v) is 2.88. The number of aliphatic hydroxyl groups excluding tert-OH is 1.